The lowest BCUT2D eigenvalue weighted by molar-refractivity contribution is -0.109. The number of rotatable bonds is 7. The first-order valence-corrected chi connectivity index (χ1v) is 6.94. The molecular formula is C13H28N4O2. The average Bonchev–Trinajstić information content (AvgIpc) is 2.40. The zero-order valence-corrected chi connectivity index (χ0v) is 12.5. The highest BCUT2D eigenvalue weighted by molar-refractivity contribution is 5.79. The van der Waals surface area contributed by atoms with Crippen LogP contribution in [0.15, 0.2) is 4.99 Å². The minimum Gasteiger partial charge on any atom is -0.385 e. The summed E-state index contributed by atoms with van der Waals surface area (Å²) in [4.78, 5) is 4.39. The molecule has 0 aromatic rings. The first-order valence-electron chi connectivity index (χ1n) is 6.94. The van der Waals surface area contributed by atoms with Crippen LogP contribution < -0.4 is 16.6 Å². The lowest BCUT2D eigenvalue weighted by Gasteiger charge is -2.51. The molecule has 2 atom stereocenters. The summed E-state index contributed by atoms with van der Waals surface area (Å²) in [5, 5.41) is 3.35. The predicted octanol–water partition coefficient (Wildman–Crippen LogP) is 0.635. The van der Waals surface area contributed by atoms with E-state index in [9.17, 15) is 0 Å². The maximum absolute atomic E-state index is 5.70. The van der Waals surface area contributed by atoms with Gasteiger partial charge in [-0.15, -0.1) is 0 Å². The van der Waals surface area contributed by atoms with Gasteiger partial charge < -0.3 is 14.8 Å². The molecule has 1 rings (SSSR count). The van der Waals surface area contributed by atoms with E-state index >= 15 is 0 Å². The summed E-state index contributed by atoms with van der Waals surface area (Å²) >= 11 is 0. The molecule has 1 aliphatic carbocycles. The van der Waals surface area contributed by atoms with Crippen LogP contribution in [0.25, 0.3) is 0 Å². The van der Waals surface area contributed by atoms with Crippen molar-refractivity contribution in [2.45, 2.75) is 45.8 Å². The Labute approximate surface area is 116 Å². The Morgan fingerprint density at radius 2 is 2.21 bits per heavy atom. The minimum absolute atomic E-state index is 0.0974. The standard InChI is InChI=1S/C13H28N4O2/c1-5-19-11-9-10(13(11,2)3)16-12(17-14)15-7-6-8-18-4/h10-11H,5-9,14H2,1-4H3,(H2,15,16,17). The van der Waals surface area contributed by atoms with Crippen molar-refractivity contribution in [3.63, 3.8) is 0 Å². The van der Waals surface area contributed by atoms with Crippen molar-refractivity contribution in [2.75, 3.05) is 26.9 Å². The zero-order valence-electron chi connectivity index (χ0n) is 12.5. The summed E-state index contributed by atoms with van der Waals surface area (Å²) in [6, 6.07) is 0.335. The van der Waals surface area contributed by atoms with Crippen molar-refractivity contribution < 1.29 is 9.47 Å². The molecule has 0 radical (unpaired) electrons. The highest BCUT2D eigenvalue weighted by Crippen LogP contribution is 2.42. The maximum Gasteiger partial charge on any atom is 0.205 e. The molecule has 0 saturated heterocycles. The van der Waals surface area contributed by atoms with Crippen LogP contribution in [0.3, 0.4) is 0 Å². The van der Waals surface area contributed by atoms with Crippen LogP contribution in [-0.2, 0) is 9.47 Å². The fourth-order valence-corrected chi connectivity index (χ4v) is 2.31. The SMILES string of the molecule is CCOC1CC(NC(=NCCCOC)NN)C1(C)C. The number of aliphatic imine (C=N–C) groups is 1. The van der Waals surface area contributed by atoms with Gasteiger partial charge >= 0.3 is 0 Å². The predicted molar refractivity (Wildman–Crippen MR) is 76.9 cm³/mol. The summed E-state index contributed by atoms with van der Waals surface area (Å²) in [6.45, 7) is 8.60. The number of hydrogen-bond donors (Lipinski definition) is 3. The number of nitrogens with zero attached hydrogens (tertiary/aromatic N) is 1. The molecule has 0 heterocycles. The van der Waals surface area contributed by atoms with Crippen molar-refractivity contribution in [2.24, 2.45) is 16.3 Å². The van der Waals surface area contributed by atoms with Crippen LogP contribution in [0, 0.1) is 5.41 Å². The Morgan fingerprint density at radius 3 is 2.74 bits per heavy atom. The van der Waals surface area contributed by atoms with E-state index in [4.69, 9.17) is 15.3 Å². The summed E-state index contributed by atoms with van der Waals surface area (Å²) in [5.41, 5.74) is 2.72. The van der Waals surface area contributed by atoms with Gasteiger partial charge in [-0.05, 0) is 19.8 Å². The summed E-state index contributed by atoms with van der Waals surface area (Å²) in [5.74, 6) is 6.13. The Balaban J connectivity index is 2.40. The molecule has 1 fully saturated rings. The Morgan fingerprint density at radius 1 is 1.47 bits per heavy atom. The number of hydrogen-bond acceptors (Lipinski definition) is 4. The third kappa shape index (κ3) is 4.33. The first kappa shape index (κ1) is 16.2. The smallest absolute Gasteiger partial charge is 0.205 e. The molecule has 0 aromatic carbocycles. The van der Waals surface area contributed by atoms with Crippen LogP contribution in [0.4, 0.5) is 0 Å². The highest BCUT2D eigenvalue weighted by atomic mass is 16.5. The molecule has 1 aliphatic rings. The monoisotopic (exact) mass is 272 g/mol. The normalized spacial score (nSPS) is 25.8. The molecule has 6 nitrogen and oxygen atoms in total. The quantitative estimate of drug-likeness (QED) is 0.208. The van der Waals surface area contributed by atoms with E-state index in [1.54, 1.807) is 7.11 Å². The molecule has 0 aliphatic heterocycles. The lowest BCUT2D eigenvalue weighted by Crippen LogP contribution is -2.64. The second kappa shape index (κ2) is 7.67. The van der Waals surface area contributed by atoms with Crippen molar-refractivity contribution in [3.05, 3.63) is 0 Å². The van der Waals surface area contributed by atoms with E-state index in [2.05, 4.69) is 29.6 Å². The molecule has 19 heavy (non-hydrogen) atoms. The van der Waals surface area contributed by atoms with E-state index in [0.717, 1.165) is 19.4 Å². The number of ether oxygens (including phenoxy) is 2. The topological polar surface area (TPSA) is 80.9 Å². The second-order valence-electron chi connectivity index (χ2n) is 5.42. The molecule has 0 bridgehead atoms. The molecular weight excluding hydrogens is 244 g/mol. The molecule has 1 saturated carbocycles. The lowest BCUT2D eigenvalue weighted by atomic mass is 9.64. The number of nitrogens with one attached hydrogen (secondary N) is 2. The number of guanidine groups is 1. The fraction of sp³-hybridized carbons (Fsp3) is 0.923. The largest absolute Gasteiger partial charge is 0.385 e. The Kier molecular flexibility index (Phi) is 6.54. The summed E-state index contributed by atoms with van der Waals surface area (Å²) in [6.07, 6.45) is 2.18. The van der Waals surface area contributed by atoms with E-state index in [1.165, 1.54) is 0 Å². The minimum atomic E-state index is 0.0974. The van der Waals surface area contributed by atoms with Gasteiger partial charge in [-0.25, -0.2) is 5.84 Å². The van der Waals surface area contributed by atoms with Gasteiger partial charge in [0.05, 0.1) is 6.10 Å². The van der Waals surface area contributed by atoms with Crippen LogP contribution >= 0.6 is 0 Å². The van der Waals surface area contributed by atoms with Gasteiger partial charge in [0, 0.05) is 38.3 Å². The van der Waals surface area contributed by atoms with Crippen LogP contribution in [-0.4, -0.2) is 45.0 Å². The van der Waals surface area contributed by atoms with Gasteiger partial charge in [0.25, 0.3) is 0 Å². The highest BCUT2D eigenvalue weighted by Gasteiger charge is 2.49. The summed E-state index contributed by atoms with van der Waals surface area (Å²) < 4.78 is 10.7. The molecule has 0 amide bonds. The van der Waals surface area contributed by atoms with Gasteiger partial charge in [-0.2, -0.15) is 0 Å². The molecule has 0 spiro atoms. The van der Waals surface area contributed by atoms with Gasteiger partial charge in [0.1, 0.15) is 0 Å². The van der Waals surface area contributed by atoms with Gasteiger partial charge in [-0.3, -0.25) is 10.4 Å². The molecule has 112 valence electrons. The molecule has 4 N–H and O–H groups in total. The molecule has 6 heteroatoms. The third-order valence-electron chi connectivity index (χ3n) is 3.77. The first-order chi connectivity index (χ1) is 9.06. The van der Waals surface area contributed by atoms with Crippen molar-refractivity contribution in [1.29, 1.82) is 0 Å². The average molecular weight is 272 g/mol. The Hall–Kier alpha value is -0.850. The van der Waals surface area contributed by atoms with E-state index in [-0.39, 0.29) is 5.41 Å². The van der Waals surface area contributed by atoms with Crippen LogP contribution in [0.2, 0.25) is 0 Å². The van der Waals surface area contributed by atoms with Crippen LogP contribution in [0.1, 0.15) is 33.6 Å². The number of hydrazine groups is 1. The van der Waals surface area contributed by atoms with Crippen molar-refractivity contribution in [3.8, 4) is 0 Å². The molecule has 0 aromatic heterocycles. The van der Waals surface area contributed by atoms with Gasteiger partial charge in [0.2, 0.25) is 5.96 Å². The maximum atomic E-state index is 5.70. The third-order valence-corrected chi connectivity index (χ3v) is 3.77. The van der Waals surface area contributed by atoms with Gasteiger partial charge in [-0.1, -0.05) is 13.8 Å². The summed E-state index contributed by atoms with van der Waals surface area (Å²) in [7, 11) is 1.69. The van der Waals surface area contributed by atoms with E-state index < -0.39 is 0 Å². The number of methoxy groups -OCH3 is 1. The van der Waals surface area contributed by atoms with Crippen molar-refractivity contribution >= 4 is 5.96 Å². The fourth-order valence-electron chi connectivity index (χ4n) is 2.31. The van der Waals surface area contributed by atoms with Crippen molar-refractivity contribution in [1.82, 2.24) is 10.7 Å². The van der Waals surface area contributed by atoms with E-state index in [1.807, 2.05) is 6.92 Å². The second-order valence-corrected chi connectivity index (χ2v) is 5.42. The molecule has 2 unspecified atom stereocenters. The van der Waals surface area contributed by atoms with E-state index in [0.29, 0.717) is 31.3 Å². The Bertz CT molecular complexity index is 294. The zero-order chi connectivity index (χ0) is 14.3. The van der Waals surface area contributed by atoms with Crippen LogP contribution in [0.5, 0.6) is 0 Å². The number of nitrogens with two attached hydrogens (primary N) is 1. The van der Waals surface area contributed by atoms with Gasteiger partial charge in [0.15, 0.2) is 0 Å².